The quantitative estimate of drug-likeness (QED) is 0.341. The van der Waals surface area contributed by atoms with E-state index in [4.69, 9.17) is 0 Å². The number of nitrogens with one attached hydrogen (secondary N) is 1. The number of rotatable bonds is 6. The second kappa shape index (κ2) is 10.8. The van der Waals surface area contributed by atoms with Gasteiger partial charge in [-0.15, -0.1) is 0 Å². The van der Waals surface area contributed by atoms with Crippen LogP contribution in [0.15, 0.2) is 83.4 Å². The average Bonchev–Trinajstić information content (AvgIpc) is 3.17. The lowest BCUT2D eigenvalue weighted by atomic mass is 10.1. The molecule has 2 atom stereocenters. The molecule has 4 rings (SSSR count). The monoisotopic (exact) mass is 495 g/mol. The van der Waals surface area contributed by atoms with E-state index in [9.17, 15) is 14.9 Å². The molecule has 2 amide bonds. The van der Waals surface area contributed by atoms with Crippen molar-refractivity contribution in [3.63, 3.8) is 0 Å². The third-order valence-corrected chi connectivity index (χ3v) is 7.67. The Hall–Kier alpha value is -3.82. The Labute approximate surface area is 216 Å². The van der Waals surface area contributed by atoms with Gasteiger partial charge in [0.1, 0.15) is 16.7 Å². The molecule has 1 aliphatic rings. The van der Waals surface area contributed by atoms with Gasteiger partial charge in [0.25, 0.3) is 5.91 Å². The number of carbonyl (C=O) groups excluding carboxylic acids is 2. The Morgan fingerprint density at radius 3 is 2.44 bits per heavy atom. The number of benzene rings is 3. The van der Waals surface area contributed by atoms with Gasteiger partial charge in [0.2, 0.25) is 5.91 Å². The normalized spacial score (nSPS) is 17.5. The van der Waals surface area contributed by atoms with Gasteiger partial charge in [-0.25, -0.2) is 0 Å². The maximum Gasteiger partial charge on any atom is 0.265 e. The SMILES string of the molecule is Cc1cccc(CC2S/C(=C(/C#N)C(=O)NC(C)c3ccccc3)N(c3ccc(C)c(C)c3)C2=O)c1. The van der Waals surface area contributed by atoms with E-state index >= 15 is 0 Å². The summed E-state index contributed by atoms with van der Waals surface area (Å²) in [6, 6.07) is 25.2. The Kier molecular flexibility index (Phi) is 7.61. The lowest BCUT2D eigenvalue weighted by Gasteiger charge is -2.20. The van der Waals surface area contributed by atoms with Gasteiger partial charge in [-0.1, -0.05) is 78.0 Å². The number of nitriles is 1. The first-order valence-electron chi connectivity index (χ1n) is 11.9. The van der Waals surface area contributed by atoms with Crippen molar-refractivity contribution in [3.05, 3.63) is 111 Å². The fraction of sp³-hybridized carbons (Fsp3) is 0.233. The van der Waals surface area contributed by atoms with Crippen molar-refractivity contribution in [3.8, 4) is 6.07 Å². The number of hydrogen-bond donors (Lipinski definition) is 1. The molecule has 0 radical (unpaired) electrons. The predicted molar refractivity (Wildman–Crippen MR) is 145 cm³/mol. The molecule has 0 aliphatic carbocycles. The summed E-state index contributed by atoms with van der Waals surface area (Å²) in [5, 5.41) is 13.0. The van der Waals surface area contributed by atoms with E-state index in [1.165, 1.54) is 11.8 Å². The summed E-state index contributed by atoms with van der Waals surface area (Å²) in [5.74, 6) is -0.620. The molecular weight excluding hydrogens is 466 g/mol. The summed E-state index contributed by atoms with van der Waals surface area (Å²) >= 11 is 1.29. The van der Waals surface area contributed by atoms with Crippen molar-refractivity contribution in [1.82, 2.24) is 5.32 Å². The van der Waals surface area contributed by atoms with Crippen molar-refractivity contribution < 1.29 is 9.59 Å². The van der Waals surface area contributed by atoms with Crippen molar-refractivity contribution >= 4 is 29.3 Å². The summed E-state index contributed by atoms with van der Waals surface area (Å²) in [5.41, 5.74) is 5.85. The Morgan fingerprint density at radius 1 is 1.03 bits per heavy atom. The highest BCUT2D eigenvalue weighted by atomic mass is 32.2. The first-order valence-corrected chi connectivity index (χ1v) is 12.8. The number of nitrogens with zero attached hydrogens (tertiary/aromatic N) is 2. The lowest BCUT2D eigenvalue weighted by molar-refractivity contribution is -0.117. The third-order valence-electron chi connectivity index (χ3n) is 6.40. The van der Waals surface area contributed by atoms with Crippen molar-refractivity contribution in [2.45, 2.75) is 45.4 Å². The molecule has 1 fully saturated rings. The number of thioether (sulfide) groups is 1. The van der Waals surface area contributed by atoms with E-state index in [2.05, 4.69) is 17.5 Å². The number of amides is 2. The largest absolute Gasteiger partial charge is 0.345 e. The number of carbonyl (C=O) groups is 2. The molecule has 1 N–H and O–H groups in total. The van der Waals surface area contributed by atoms with Crippen LogP contribution in [0, 0.1) is 32.1 Å². The van der Waals surface area contributed by atoms with E-state index in [0.29, 0.717) is 17.1 Å². The van der Waals surface area contributed by atoms with Gasteiger partial charge in [0.05, 0.1) is 11.3 Å². The van der Waals surface area contributed by atoms with Crippen LogP contribution in [0.1, 0.15) is 40.8 Å². The molecule has 1 aliphatic heterocycles. The van der Waals surface area contributed by atoms with Crippen LogP contribution in [-0.2, 0) is 16.0 Å². The van der Waals surface area contributed by atoms with E-state index in [1.807, 2.05) is 94.4 Å². The maximum atomic E-state index is 13.7. The number of aryl methyl sites for hydroxylation is 3. The minimum Gasteiger partial charge on any atom is -0.345 e. The smallest absolute Gasteiger partial charge is 0.265 e. The Morgan fingerprint density at radius 2 is 1.78 bits per heavy atom. The molecule has 6 heteroatoms. The fourth-order valence-electron chi connectivity index (χ4n) is 4.23. The molecule has 0 saturated carbocycles. The molecule has 3 aromatic rings. The minimum absolute atomic E-state index is 0.0545. The van der Waals surface area contributed by atoms with Crippen LogP contribution in [0.3, 0.4) is 0 Å². The highest BCUT2D eigenvalue weighted by Crippen LogP contribution is 2.42. The van der Waals surface area contributed by atoms with Crippen molar-refractivity contribution in [1.29, 1.82) is 5.26 Å². The van der Waals surface area contributed by atoms with Gasteiger partial charge in [-0.05, 0) is 68.5 Å². The highest BCUT2D eigenvalue weighted by Gasteiger charge is 2.41. The van der Waals surface area contributed by atoms with Crippen LogP contribution in [0.25, 0.3) is 0 Å². The van der Waals surface area contributed by atoms with Gasteiger partial charge in [0, 0.05) is 5.69 Å². The zero-order chi connectivity index (χ0) is 25.8. The minimum atomic E-state index is -0.491. The van der Waals surface area contributed by atoms with Gasteiger partial charge in [-0.2, -0.15) is 5.26 Å². The second-order valence-electron chi connectivity index (χ2n) is 9.14. The topological polar surface area (TPSA) is 73.2 Å². The Bertz CT molecular complexity index is 1370. The first kappa shape index (κ1) is 25.3. The zero-order valence-corrected chi connectivity index (χ0v) is 21.7. The van der Waals surface area contributed by atoms with Crippen LogP contribution in [-0.4, -0.2) is 17.1 Å². The number of hydrogen-bond acceptors (Lipinski definition) is 4. The van der Waals surface area contributed by atoms with Crippen LogP contribution in [0.5, 0.6) is 0 Å². The van der Waals surface area contributed by atoms with Crippen LogP contribution < -0.4 is 10.2 Å². The molecular formula is C30H29N3O2S. The summed E-state index contributed by atoms with van der Waals surface area (Å²) in [4.78, 5) is 28.6. The van der Waals surface area contributed by atoms with Gasteiger partial charge in [-0.3, -0.25) is 14.5 Å². The summed E-state index contributed by atoms with van der Waals surface area (Å²) in [6.07, 6.45) is 0.511. The zero-order valence-electron chi connectivity index (χ0n) is 20.9. The van der Waals surface area contributed by atoms with E-state index in [-0.39, 0.29) is 17.5 Å². The van der Waals surface area contributed by atoms with Crippen molar-refractivity contribution in [2.75, 3.05) is 4.90 Å². The number of anilines is 1. The molecule has 5 nitrogen and oxygen atoms in total. The molecule has 2 unspecified atom stereocenters. The van der Waals surface area contributed by atoms with Gasteiger partial charge >= 0.3 is 0 Å². The molecule has 0 bridgehead atoms. The van der Waals surface area contributed by atoms with Gasteiger partial charge < -0.3 is 5.32 Å². The van der Waals surface area contributed by atoms with Crippen LogP contribution in [0.4, 0.5) is 5.69 Å². The lowest BCUT2D eigenvalue weighted by Crippen LogP contribution is -2.33. The van der Waals surface area contributed by atoms with Gasteiger partial charge in [0.15, 0.2) is 0 Å². The molecule has 1 saturated heterocycles. The van der Waals surface area contributed by atoms with E-state index < -0.39 is 11.2 Å². The third kappa shape index (κ3) is 5.37. The molecule has 3 aromatic carbocycles. The highest BCUT2D eigenvalue weighted by molar-refractivity contribution is 8.05. The second-order valence-corrected chi connectivity index (χ2v) is 10.3. The molecule has 0 aromatic heterocycles. The predicted octanol–water partition coefficient (Wildman–Crippen LogP) is 5.92. The fourth-order valence-corrected chi connectivity index (χ4v) is 5.54. The summed E-state index contributed by atoms with van der Waals surface area (Å²) in [6.45, 7) is 7.89. The Balaban J connectivity index is 1.72. The molecule has 182 valence electrons. The van der Waals surface area contributed by atoms with E-state index in [0.717, 1.165) is 27.8 Å². The first-order chi connectivity index (χ1) is 17.3. The summed E-state index contributed by atoms with van der Waals surface area (Å²) in [7, 11) is 0. The van der Waals surface area contributed by atoms with Crippen LogP contribution >= 0.6 is 11.8 Å². The molecule has 36 heavy (non-hydrogen) atoms. The standard InChI is InChI=1S/C30H29N3O2S/c1-19-9-8-10-23(15-19)17-27-29(35)33(25-14-13-20(2)21(3)16-25)30(36-27)26(18-31)28(34)32-22(4)24-11-6-5-7-12-24/h5-16,22,27H,17H2,1-4H3,(H,32,34)/b30-26-. The van der Waals surface area contributed by atoms with E-state index in [1.54, 1.807) is 4.90 Å². The summed E-state index contributed by atoms with van der Waals surface area (Å²) < 4.78 is 0. The maximum absolute atomic E-state index is 13.7. The average molecular weight is 496 g/mol. The van der Waals surface area contributed by atoms with Crippen LogP contribution in [0.2, 0.25) is 0 Å². The van der Waals surface area contributed by atoms with Crippen molar-refractivity contribution in [2.24, 2.45) is 0 Å². The molecule has 1 heterocycles. The molecule has 0 spiro atoms.